The van der Waals surface area contributed by atoms with Gasteiger partial charge in [-0.2, -0.15) is 0 Å². The van der Waals surface area contributed by atoms with Crippen molar-refractivity contribution in [3.8, 4) is 0 Å². The van der Waals surface area contributed by atoms with Crippen molar-refractivity contribution in [2.24, 2.45) is 5.92 Å². The van der Waals surface area contributed by atoms with Crippen LogP contribution in [0.15, 0.2) is 18.2 Å². The van der Waals surface area contributed by atoms with Gasteiger partial charge >= 0.3 is 0 Å². The van der Waals surface area contributed by atoms with Gasteiger partial charge in [-0.05, 0) is 36.6 Å². The monoisotopic (exact) mass is 274 g/mol. The van der Waals surface area contributed by atoms with Crippen LogP contribution in [0.4, 0.5) is 0 Å². The van der Waals surface area contributed by atoms with E-state index >= 15 is 0 Å². The van der Waals surface area contributed by atoms with E-state index in [1.54, 1.807) is 6.07 Å². The van der Waals surface area contributed by atoms with Crippen molar-refractivity contribution in [1.82, 2.24) is 0 Å². The van der Waals surface area contributed by atoms with Crippen molar-refractivity contribution in [3.05, 3.63) is 33.8 Å². The number of hydrogen-bond acceptors (Lipinski definition) is 2. The number of rotatable bonds is 3. The Morgan fingerprint density at radius 3 is 2.47 bits per heavy atom. The number of hydrogen-bond donors (Lipinski definition) is 0. The lowest BCUT2D eigenvalue weighted by Crippen LogP contribution is -2.13. The van der Waals surface area contributed by atoms with Gasteiger partial charge in [-0.25, -0.2) is 0 Å². The van der Waals surface area contributed by atoms with Crippen molar-refractivity contribution in [1.29, 1.82) is 0 Å². The van der Waals surface area contributed by atoms with Crippen molar-refractivity contribution in [2.45, 2.75) is 32.7 Å². The average Bonchev–Trinajstić information content (AvgIpc) is 2.62. The van der Waals surface area contributed by atoms with E-state index in [9.17, 15) is 0 Å². The standard InChI is InChI=1S/C13H16Cl2O2/c1-8-3-13(16-7-8)17-9(2)10-4-11(14)6-12(15)5-10/h4-6,8-9,13H,3,7H2,1-2H3/t8-,9+,13?/m1/s1. The third-order valence-electron chi connectivity index (χ3n) is 2.87. The summed E-state index contributed by atoms with van der Waals surface area (Å²) >= 11 is 11.9. The molecule has 1 heterocycles. The molecule has 0 bridgehead atoms. The number of ether oxygens (including phenoxy) is 2. The maximum atomic E-state index is 5.96. The summed E-state index contributed by atoms with van der Waals surface area (Å²) in [4.78, 5) is 0. The molecule has 94 valence electrons. The van der Waals surface area contributed by atoms with Crippen LogP contribution in [0.5, 0.6) is 0 Å². The van der Waals surface area contributed by atoms with Crippen LogP contribution in [-0.4, -0.2) is 12.9 Å². The van der Waals surface area contributed by atoms with Crippen LogP contribution in [0.2, 0.25) is 10.0 Å². The van der Waals surface area contributed by atoms with E-state index in [2.05, 4.69) is 6.92 Å². The predicted molar refractivity (Wildman–Crippen MR) is 69.5 cm³/mol. The number of halogens is 2. The Morgan fingerprint density at radius 2 is 1.94 bits per heavy atom. The van der Waals surface area contributed by atoms with E-state index in [0.717, 1.165) is 18.6 Å². The molecular formula is C13H16Cl2O2. The summed E-state index contributed by atoms with van der Waals surface area (Å²) in [5.41, 5.74) is 0.977. The molecule has 4 heteroatoms. The molecule has 0 saturated carbocycles. The first-order chi connectivity index (χ1) is 8.04. The van der Waals surface area contributed by atoms with Gasteiger partial charge < -0.3 is 9.47 Å². The molecule has 17 heavy (non-hydrogen) atoms. The molecule has 0 spiro atoms. The number of benzene rings is 1. The third-order valence-corrected chi connectivity index (χ3v) is 3.31. The van der Waals surface area contributed by atoms with Gasteiger partial charge in [0.15, 0.2) is 6.29 Å². The van der Waals surface area contributed by atoms with Gasteiger partial charge in [-0.1, -0.05) is 30.1 Å². The van der Waals surface area contributed by atoms with Gasteiger partial charge in [-0.15, -0.1) is 0 Å². The van der Waals surface area contributed by atoms with Crippen LogP contribution in [-0.2, 0) is 9.47 Å². The molecule has 1 aliphatic rings. The minimum Gasteiger partial charge on any atom is -0.352 e. The zero-order chi connectivity index (χ0) is 12.4. The highest BCUT2D eigenvalue weighted by atomic mass is 35.5. The zero-order valence-corrected chi connectivity index (χ0v) is 11.5. The van der Waals surface area contributed by atoms with E-state index in [4.69, 9.17) is 32.7 Å². The van der Waals surface area contributed by atoms with Gasteiger partial charge in [-0.3, -0.25) is 0 Å². The molecule has 1 aromatic carbocycles. The molecule has 3 atom stereocenters. The van der Waals surface area contributed by atoms with Crippen LogP contribution < -0.4 is 0 Å². The van der Waals surface area contributed by atoms with Crippen molar-refractivity contribution >= 4 is 23.2 Å². The average molecular weight is 275 g/mol. The molecule has 2 nitrogen and oxygen atoms in total. The molecule has 1 unspecified atom stereocenters. The Labute approximate surface area is 112 Å². The molecule has 1 fully saturated rings. The quantitative estimate of drug-likeness (QED) is 0.811. The molecular weight excluding hydrogens is 259 g/mol. The van der Waals surface area contributed by atoms with Gasteiger partial charge in [0.05, 0.1) is 12.7 Å². The van der Waals surface area contributed by atoms with E-state index < -0.39 is 0 Å². The smallest absolute Gasteiger partial charge is 0.158 e. The van der Waals surface area contributed by atoms with Crippen LogP contribution >= 0.6 is 23.2 Å². The minimum atomic E-state index is -0.113. The highest BCUT2D eigenvalue weighted by Crippen LogP contribution is 2.29. The third kappa shape index (κ3) is 3.59. The Kier molecular flexibility index (Phi) is 4.31. The fraction of sp³-hybridized carbons (Fsp3) is 0.538. The fourth-order valence-corrected chi connectivity index (χ4v) is 2.49. The summed E-state index contributed by atoms with van der Waals surface area (Å²) in [6.45, 7) is 4.91. The lowest BCUT2D eigenvalue weighted by atomic mass is 10.1. The lowest BCUT2D eigenvalue weighted by Gasteiger charge is -2.18. The largest absolute Gasteiger partial charge is 0.352 e. The first-order valence-electron chi connectivity index (χ1n) is 5.77. The Balaban J connectivity index is 2.01. The maximum Gasteiger partial charge on any atom is 0.158 e. The second-order valence-electron chi connectivity index (χ2n) is 4.58. The molecule has 0 radical (unpaired) electrons. The Hall–Kier alpha value is -0.280. The fourth-order valence-electron chi connectivity index (χ4n) is 1.95. The molecule has 0 N–H and O–H groups in total. The van der Waals surface area contributed by atoms with E-state index in [1.165, 1.54) is 0 Å². The molecule has 1 saturated heterocycles. The second-order valence-corrected chi connectivity index (χ2v) is 5.46. The predicted octanol–water partition coefficient (Wildman–Crippen LogP) is 4.45. The zero-order valence-electron chi connectivity index (χ0n) is 9.95. The summed E-state index contributed by atoms with van der Waals surface area (Å²) in [6, 6.07) is 5.46. The SMILES string of the molecule is C[C@H]1COC(O[C@@H](C)c2cc(Cl)cc(Cl)c2)C1. The first kappa shape index (κ1) is 13.2. The minimum absolute atomic E-state index is 0.0681. The summed E-state index contributed by atoms with van der Waals surface area (Å²) < 4.78 is 11.4. The van der Waals surface area contributed by atoms with E-state index in [-0.39, 0.29) is 12.4 Å². The van der Waals surface area contributed by atoms with Crippen LogP contribution in [0, 0.1) is 5.92 Å². The summed E-state index contributed by atoms with van der Waals surface area (Å²) in [5, 5.41) is 1.26. The van der Waals surface area contributed by atoms with Crippen molar-refractivity contribution < 1.29 is 9.47 Å². The lowest BCUT2D eigenvalue weighted by molar-refractivity contribution is -0.140. The summed E-state index contributed by atoms with van der Waals surface area (Å²) in [5.74, 6) is 0.565. The van der Waals surface area contributed by atoms with E-state index in [1.807, 2.05) is 19.1 Å². The van der Waals surface area contributed by atoms with E-state index in [0.29, 0.717) is 16.0 Å². The van der Waals surface area contributed by atoms with Crippen LogP contribution in [0.1, 0.15) is 31.9 Å². The van der Waals surface area contributed by atoms with Gasteiger partial charge in [0.25, 0.3) is 0 Å². The van der Waals surface area contributed by atoms with Crippen molar-refractivity contribution in [3.63, 3.8) is 0 Å². The Morgan fingerprint density at radius 1 is 1.29 bits per heavy atom. The Bertz CT molecular complexity index is 375. The molecule has 0 amide bonds. The summed E-state index contributed by atoms with van der Waals surface area (Å²) in [6.07, 6.45) is 0.762. The highest BCUT2D eigenvalue weighted by Gasteiger charge is 2.24. The van der Waals surface area contributed by atoms with Crippen LogP contribution in [0.25, 0.3) is 0 Å². The van der Waals surface area contributed by atoms with Gasteiger partial charge in [0, 0.05) is 16.5 Å². The normalized spacial score (nSPS) is 26.1. The molecule has 0 aromatic heterocycles. The molecule has 2 rings (SSSR count). The second kappa shape index (κ2) is 5.57. The molecule has 1 aromatic rings. The van der Waals surface area contributed by atoms with Gasteiger partial charge in [0.1, 0.15) is 0 Å². The molecule has 0 aliphatic carbocycles. The van der Waals surface area contributed by atoms with Gasteiger partial charge in [0.2, 0.25) is 0 Å². The van der Waals surface area contributed by atoms with Crippen LogP contribution in [0.3, 0.4) is 0 Å². The molecule has 1 aliphatic heterocycles. The maximum absolute atomic E-state index is 5.96. The van der Waals surface area contributed by atoms with Crippen molar-refractivity contribution in [2.75, 3.05) is 6.61 Å². The topological polar surface area (TPSA) is 18.5 Å². The first-order valence-corrected chi connectivity index (χ1v) is 6.53. The summed E-state index contributed by atoms with van der Waals surface area (Å²) in [7, 11) is 0. The highest BCUT2D eigenvalue weighted by molar-refractivity contribution is 6.34.